The number of anilines is 1. The Hall–Kier alpha value is -5.56. The molecular weight excluding hydrogens is 1090 g/mol. The summed E-state index contributed by atoms with van der Waals surface area (Å²) in [6, 6.07) is 15.5. The summed E-state index contributed by atoms with van der Waals surface area (Å²) in [7, 11) is -9.86. The minimum atomic E-state index is -5.06. The monoisotopic (exact) mass is 1160 g/mol. The average Bonchev–Trinajstić information content (AvgIpc) is 4.01. The maximum Gasteiger partial charge on any atom is 0.472 e. The Bertz CT molecular complexity index is 3150. The summed E-state index contributed by atoms with van der Waals surface area (Å²) in [6.45, 7) is 3.26. The third kappa shape index (κ3) is 18.5. The lowest BCUT2D eigenvalue weighted by Gasteiger charge is -2.26. The van der Waals surface area contributed by atoms with Gasteiger partial charge in [-0.1, -0.05) is 42.2 Å². The van der Waals surface area contributed by atoms with E-state index < -0.39 is 88.2 Å². The Labute approximate surface area is 459 Å². The van der Waals surface area contributed by atoms with Gasteiger partial charge in [-0.2, -0.15) is 0 Å². The van der Waals surface area contributed by atoms with Crippen LogP contribution in [-0.4, -0.2) is 143 Å². The number of unbranched alkanes of at least 4 members (excludes halogenated alkanes) is 1. The normalized spacial score (nSPS) is 21.1. The number of ketones is 1. The standard InChI is InChI=1S/C52H67N5O21P2/c1-35-30-56(51(63)53-49(35)61)47-28-42(59)44(76-47)33-75-80(67,68)78-43-29-48(57-31-36(2)50(62)54-52(57)64)77-45(43)34-74-79(65,66)73-27-26-72-25-24-71-23-22-70-21-20-69-19-9-14-40(58)13-6-8-16-46(60)55-32-39-12-4-3-10-37(39)17-18-38-11-5-7-15-41(38)55/h3-5,7,10-12,15,30-31,42-45,47-48,59H,6,8-9,13-14,16,19-29,32-34H2,1-2H3,(H,65,66)(H,67,68)(H,53,61,63)(H,54,62,64)/t42-,43-,44-,45-,47-,48-/m1/s1. The smallest absolute Gasteiger partial charge is 0.390 e. The number of nitrogens with zero attached hydrogens (tertiary/aromatic N) is 3. The predicted octanol–water partition coefficient (Wildman–Crippen LogP) is 3.20. The molecule has 1 amide bonds. The number of aromatic amines is 2. The van der Waals surface area contributed by atoms with Gasteiger partial charge in [-0.15, -0.1) is 0 Å². The lowest BCUT2D eigenvalue weighted by Crippen LogP contribution is -2.33. The van der Waals surface area contributed by atoms with E-state index in [9.17, 15) is 52.8 Å². The van der Waals surface area contributed by atoms with Gasteiger partial charge in [0.15, 0.2) is 0 Å². The van der Waals surface area contributed by atoms with Gasteiger partial charge in [0.1, 0.15) is 36.6 Å². The number of Topliss-reactive ketones (excluding diaryl/α,β-unsaturated/α-hetero) is 1. The molecular formula is C52H67N5O21P2. The van der Waals surface area contributed by atoms with Gasteiger partial charge < -0.3 is 48.2 Å². The second-order valence-electron chi connectivity index (χ2n) is 19.0. The molecule has 3 aliphatic rings. The second-order valence-corrected chi connectivity index (χ2v) is 21.8. The highest BCUT2D eigenvalue weighted by atomic mass is 31.2. The molecule has 2 unspecified atom stereocenters. The van der Waals surface area contributed by atoms with Crippen LogP contribution in [0.4, 0.5) is 5.69 Å². The van der Waals surface area contributed by atoms with Gasteiger partial charge in [0.05, 0.1) is 84.4 Å². The number of aromatic nitrogens is 4. The summed E-state index contributed by atoms with van der Waals surface area (Å²) in [5, 5.41) is 10.6. The van der Waals surface area contributed by atoms with Crippen LogP contribution in [0.1, 0.15) is 91.6 Å². The molecule has 8 atom stereocenters. The Morgan fingerprint density at radius 1 is 0.637 bits per heavy atom. The van der Waals surface area contributed by atoms with Crippen molar-refractivity contribution in [2.45, 2.75) is 109 Å². The molecule has 2 aromatic carbocycles. The third-order valence-corrected chi connectivity index (χ3v) is 15.0. The molecule has 5 N–H and O–H groups in total. The predicted molar refractivity (Wildman–Crippen MR) is 284 cm³/mol. The Morgan fingerprint density at radius 2 is 1.15 bits per heavy atom. The van der Waals surface area contributed by atoms with E-state index in [1.807, 2.05) is 48.5 Å². The van der Waals surface area contributed by atoms with Crippen LogP contribution >= 0.6 is 15.6 Å². The first kappa shape index (κ1) is 62.0. The summed E-state index contributed by atoms with van der Waals surface area (Å²) in [5.74, 6) is 6.55. The molecule has 80 heavy (non-hydrogen) atoms. The Balaban J connectivity index is 0.714. The number of aliphatic hydroxyl groups excluding tert-OH is 1. The highest BCUT2D eigenvalue weighted by molar-refractivity contribution is 7.47. The topological polar surface area (TPSA) is 334 Å². The van der Waals surface area contributed by atoms with Gasteiger partial charge >= 0.3 is 27.0 Å². The first-order chi connectivity index (χ1) is 38.4. The average molecular weight is 1160 g/mol. The number of benzene rings is 2. The van der Waals surface area contributed by atoms with Gasteiger partial charge in [-0.3, -0.25) is 56.4 Å². The number of nitrogens with one attached hydrogen (secondary N) is 2. The van der Waals surface area contributed by atoms with Gasteiger partial charge in [0.25, 0.3) is 11.1 Å². The van der Waals surface area contributed by atoms with E-state index >= 15 is 0 Å². The van der Waals surface area contributed by atoms with Crippen LogP contribution in [0, 0.1) is 25.7 Å². The lowest BCUT2D eigenvalue weighted by molar-refractivity contribution is -0.121. The van der Waals surface area contributed by atoms with Crippen molar-refractivity contribution in [2.24, 2.45) is 0 Å². The van der Waals surface area contributed by atoms with Crippen molar-refractivity contribution in [1.82, 2.24) is 19.1 Å². The van der Waals surface area contributed by atoms with Crippen LogP contribution in [0.15, 0.2) is 80.1 Å². The van der Waals surface area contributed by atoms with Crippen molar-refractivity contribution in [3.8, 4) is 11.8 Å². The zero-order chi connectivity index (χ0) is 57.2. The Morgan fingerprint density at radius 3 is 1.81 bits per heavy atom. The summed E-state index contributed by atoms with van der Waals surface area (Å²) in [4.78, 5) is 102. The van der Waals surface area contributed by atoms with Crippen LogP contribution in [0.3, 0.4) is 0 Å². The number of hydrogen-bond acceptors (Lipinski definition) is 19. The minimum absolute atomic E-state index is 0.00455. The number of amides is 1. The fourth-order valence-electron chi connectivity index (χ4n) is 8.75. The van der Waals surface area contributed by atoms with Crippen molar-refractivity contribution in [3.63, 3.8) is 0 Å². The number of carbonyl (C=O) groups is 2. The number of rotatable bonds is 32. The van der Waals surface area contributed by atoms with Gasteiger partial charge in [-0.05, 0) is 56.9 Å². The summed E-state index contributed by atoms with van der Waals surface area (Å²) >= 11 is 0. The molecule has 7 rings (SSSR count). The minimum Gasteiger partial charge on any atom is -0.390 e. The molecule has 2 fully saturated rings. The number of aryl methyl sites for hydroxylation is 2. The molecule has 5 heterocycles. The molecule has 2 aromatic heterocycles. The number of hydrogen-bond donors (Lipinski definition) is 5. The van der Waals surface area contributed by atoms with Crippen molar-refractivity contribution in [2.75, 3.05) is 77.6 Å². The van der Waals surface area contributed by atoms with E-state index in [-0.39, 0.29) is 75.3 Å². The van der Waals surface area contributed by atoms with E-state index in [0.717, 1.165) is 31.5 Å². The number of para-hydroxylation sites is 1. The summed E-state index contributed by atoms with van der Waals surface area (Å²) in [6.07, 6.45) is -2.68. The second kappa shape index (κ2) is 29.9. The van der Waals surface area contributed by atoms with E-state index in [1.54, 1.807) is 4.90 Å². The third-order valence-electron chi connectivity index (χ3n) is 13.0. The van der Waals surface area contributed by atoms with Crippen molar-refractivity contribution >= 4 is 33.0 Å². The molecule has 28 heteroatoms. The Kier molecular flexibility index (Phi) is 23.2. The van der Waals surface area contributed by atoms with Crippen LogP contribution in [0.2, 0.25) is 0 Å². The van der Waals surface area contributed by atoms with Crippen LogP contribution < -0.4 is 27.4 Å². The molecule has 0 saturated carbocycles. The highest BCUT2D eigenvalue weighted by Gasteiger charge is 2.45. The zero-order valence-electron chi connectivity index (χ0n) is 44.3. The van der Waals surface area contributed by atoms with Gasteiger partial charge in [0.2, 0.25) is 5.91 Å². The molecule has 4 aromatic rings. The van der Waals surface area contributed by atoms with Gasteiger partial charge in [0, 0.05) is 73.4 Å². The molecule has 26 nitrogen and oxygen atoms in total. The maximum atomic E-state index is 13.4. The van der Waals surface area contributed by atoms with Crippen molar-refractivity contribution < 1.29 is 80.1 Å². The summed E-state index contributed by atoms with van der Waals surface area (Å²) in [5.41, 5.74) is 0.882. The molecule has 2 saturated heterocycles. The zero-order valence-corrected chi connectivity index (χ0v) is 46.1. The molecule has 0 spiro atoms. The highest BCUT2D eigenvalue weighted by Crippen LogP contribution is 2.50. The maximum absolute atomic E-state index is 13.4. The first-order valence-corrected chi connectivity index (χ1v) is 29.1. The van der Waals surface area contributed by atoms with E-state index in [0.29, 0.717) is 64.9 Å². The SMILES string of the molecule is Cc1cn([C@H]2C[C@@H](O)[C@@H](COP(=O)(O)O[C@@H]3C[C@H](n4cc(C)c(=O)[nH]c4=O)O[C@@H]3COP(=O)(O)OCCOCCOCCOCCOCCCC(=O)CCCCC(=O)N3Cc4ccccc4C#Cc4ccccc43)O2)c(=O)[nH]c1=O. The molecule has 3 aliphatic heterocycles. The van der Waals surface area contributed by atoms with E-state index in [4.69, 9.17) is 46.5 Å². The number of carbonyl (C=O) groups excluding carboxylic acids is 2. The van der Waals surface area contributed by atoms with Crippen LogP contribution in [0.5, 0.6) is 0 Å². The number of aliphatic hydroxyl groups is 1. The largest absolute Gasteiger partial charge is 0.472 e. The molecule has 0 bridgehead atoms. The molecule has 0 aliphatic carbocycles. The fourth-order valence-corrected chi connectivity index (χ4v) is 10.4. The van der Waals surface area contributed by atoms with Crippen LogP contribution in [0.25, 0.3) is 0 Å². The number of ether oxygens (including phenoxy) is 6. The number of fused-ring (bicyclic) bond motifs is 2. The van der Waals surface area contributed by atoms with Crippen LogP contribution in [-0.2, 0) is 71.8 Å². The first-order valence-electron chi connectivity index (χ1n) is 26.1. The quantitative estimate of drug-likeness (QED) is 0.0266. The number of H-pyrrole nitrogens is 2. The van der Waals surface area contributed by atoms with Crippen molar-refractivity contribution in [3.05, 3.63) is 130 Å². The fraction of sp³-hybridized carbons (Fsp3) is 0.538. The van der Waals surface area contributed by atoms with E-state index in [1.165, 1.54) is 26.2 Å². The van der Waals surface area contributed by atoms with E-state index in [2.05, 4.69) is 21.8 Å². The number of phosphoric acid groups is 2. The molecule has 0 radical (unpaired) electrons. The lowest BCUT2D eigenvalue weighted by atomic mass is 10.0. The molecule has 436 valence electrons. The van der Waals surface area contributed by atoms with Crippen molar-refractivity contribution in [1.29, 1.82) is 0 Å². The number of phosphoric ester groups is 2. The summed E-state index contributed by atoms with van der Waals surface area (Å²) < 4.78 is 82.4. The van der Waals surface area contributed by atoms with Gasteiger partial charge in [-0.25, -0.2) is 18.7 Å².